The van der Waals surface area contributed by atoms with Gasteiger partial charge in [0.2, 0.25) is 5.91 Å². The molecule has 1 aliphatic heterocycles. The van der Waals surface area contributed by atoms with Gasteiger partial charge in [0.15, 0.2) is 5.69 Å². The van der Waals surface area contributed by atoms with E-state index in [4.69, 9.17) is 14.6 Å². The van der Waals surface area contributed by atoms with E-state index in [1.54, 1.807) is 6.07 Å². The molecule has 1 aliphatic rings. The lowest BCUT2D eigenvalue weighted by Crippen LogP contribution is -2.19. The van der Waals surface area contributed by atoms with Gasteiger partial charge in [-0.15, -0.1) is 5.10 Å². The summed E-state index contributed by atoms with van der Waals surface area (Å²) in [5, 5.41) is 18.7. The number of aromatic carboxylic acids is 1. The molecule has 0 aliphatic carbocycles. The van der Waals surface area contributed by atoms with E-state index in [2.05, 4.69) is 15.6 Å². The Bertz CT molecular complexity index is 817. The van der Waals surface area contributed by atoms with E-state index in [0.717, 1.165) is 22.4 Å². The quantitative estimate of drug-likeness (QED) is 0.811. The highest BCUT2D eigenvalue weighted by atomic mass is 16.5. The first-order valence-corrected chi connectivity index (χ1v) is 7.86. The van der Waals surface area contributed by atoms with Crippen LogP contribution in [0.15, 0.2) is 18.3 Å². The SMILES string of the molecule is CCOc1cc2c(cc1NC(=O)Cn1cc(C(=O)O)nn1)OC(C)C2. The van der Waals surface area contributed by atoms with Crippen molar-refractivity contribution < 1.29 is 24.2 Å². The number of carboxylic acids is 1. The third-order valence-corrected chi connectivity index (χ3v) is 3.64. The number of benzene rings is 1. The molecule has 1 atom stereocenters. The summed E-state index contributed by atoms with van der Waals surface area (Å²) >= 11 is 0. The third-order valence-electron chi connectivity index (χ3n) is 3.64. The molecule has 0 saturated carbocycles. The number of carbonyl (C=O) groups excluding carboxylic acids is 1. The second kappa shape index (κ2) is 6.80. The Morgan fingerprint density at radius 1 is 1.48 bits per heavy atom. The standard InChI is InChI=1S/C16H18N4O5/c1-3-24-14-5-10-4-9(2)25-13(10)6-11(14)17-15(21)8-20-7-12(16(22)23)18-19-20/h5-7,9H,3-4,8H2,1-2H3,(H,17,21)(H,22,23). The van der Waals surface area contributed by atoms with E-state index in [1.165, 1.54) is 6.20 Å². The number of nitrogens with zero attached hydrogens (tertiary/aromatic N) is 3. The van der Waals surface area contributed by atoms with Gasteiger partial charge in [-0.2, -0.15) is 0 Å². The van der Waals surface area contributed by atoms with E-state index in [-0.39, 0.29) is 24.2 Å². The lowest BCUT2D eigenvalue weighted by atomic mass is 10.1. The summed E-state index contributed by atoms with van der Waals surface area (Å²) in [6.07, 6.45) is 2.07. The third kappa shape index (κ3) is 3.70. The highest BCUT2D eigenvalue weighted by Crippen LogP contribution is 2.38. The molecule has 9 nitrogen and oxygen atoms in total. The number of hydrogen-bond acceptors (Lipinski definition) is 6. The van der Waals surface area contributed by atoms with Crippen LogP contribution in [0.2, 0.25) is 0 Å². The molecule has 25 heavy (non-hydrogen) atoms. The fraction of sp³-hybridized carbons (Fsp3) is 0.375. The lowest BCUT2D eigenvalue weighted by Gasteiger charge is -2.13. The maximum atomic E-state index is 12.2. The summed E-state index contributed by atoms with van der Waals surface area (Å²) in [5.41, 5.74) is 1.32. The van der Waals surface area contributed by atoms with E-state index in [9.17, 15) is 9.59 Å². The van der Waals surface area contributed by atoms with Crippen LogP contribution in [0.1, 0.15) is 29.9 Å². The molecule has 2 N–H and O–H groups in total. The molecule has 132 valence electrons. The first-order chi connectivity index (χ1) is 12.0. The predicted octanol–water partition coefficient (Wildman–Crippen LogP) is 1.34. The van der Waals surface area contributed by atoms with Crippen molar-refractivity contribution in [2.45, 2.75) is 32.9 Å². The van der Waals surface area contributed by atoms with Crippen LogP contribution < -0.4 is 14.8 Å². The first kappa shape index (κ1) is 16.7. The molecule has 0 fully saturated rings. The van der Waals surface area contributed by atoms with Crippen molar-refractivity contribution >= 4 is 17.6 Å². The molecule has 0 bridgehead atoms. The second-order valence-corrected chi connectivity index (χ2v) is 5.68. The van der Waals surface area contributed by atoms with Gasteiger partial charge in [-0.25, -0.2) is 9.48 Å². The molecule has 2 aromatic rings. The van der Waals surface area contributed by atoms with Gasteiger partial charge in [-0.3, -0.25) is 4.79 Å². The number of amides is 1. The minimum Gasteiger partial charge on any atom is -0.492 e. The van der Waals surface area contributed by atoms with Crippen molar-refractivity contribution in [2.24, 2.45) is 0 Å². The molecular formula is C16H18N4O5. The highest BCUT2D eigenvalue weighted by Gasteiger charge is 2.22. The van der Waals surface area contributed by atoms with Gasteiger partial charge in [-0.05, 0) is 19.9 Å². The van der Waals surface area contributed by atoms with Crippen molar-refractivity contribution in [3.05, 3.63) is 29.6 Å². The van der Waals surface area contributed by atoms with E-state index in [0.29, 0.717) is 18.0 Å². The number of ether oxygens (including phenoxy) is 2. The topological polar surface area (TPSA) is 116 Å². The number of anilines is 1. The minimum atomic E-state index is -1.20. The summed E-state index contributed by atoms with van der Waals surface area (Å²) in [4.78, 5) is 23.0. The van der Waals surface area contributed by atoms with Crippen LogP contribution in [-0.4, -0.2) is 44.7 Å². The van der Waals surface area contributed by atoms with E-state index >= 15 is 0 Å². The van der Waals surface area contributed by atoms with Gasteiger partial charge in [0, 0.05) is 18.1 Å². The largest absolute Gasteiger partial charge is 0.492 e. The fourth-order valence-electron chi connectivity index (χ4n) is 2.62. The summed E-state index contributed by atoms with van der Waals surface area (Å²) in [6, 6.07) is 3.61. The minimum absolute atomic E-state index is 0.0833. The van der Waals surface area contributed by atoms with Crippen LogP contribution in [0.5, 0.6) is 11.5 Å². The van der Waals surface area contributed by atoms with E-state index < -0.39 is 5.97 Å². The Morgan fingerprint density at radius 2 is 2.28 bits per heavy atom. The molecule has 0 spiro atoms. The highest BCUT2D eigenvalue weighted by molar-refractivity contribution is 5.92. The molecule has 0 saturated heterocycles. The maximum absolute atomic E-state index is 12.2. The second-order valence-electron chi connectivity index (χ2n) is 5.68. The summed E-state index contributed by atoms with van der Waals surface area (Å²) in [6.45, 7) is 4.13. The molecule has 1 aromatic heterocycles. The molecule has 3 rings (SSSR count). The number of aromatic nitrogens is 3. The lowest BCUT2D eigenvalue weighted by molar-refractivity contribution is -0.116. The zero-order valence-corrected chi connectivity index (χ0v) is 13.9. The number of hydrogen-bond donors (Lipinski definition) is 2. The van der Waals surface area contributed by atoms with Crippen LogP contribution in [0.3, 0.4) is 0 Å². The monoisotopic (exact) mass is 346 g/mol. The van der Waals surface area contributed by atoms with Gasteiger partial charge in [0.1, 0.15) is 24.1 Å². The number of rotatable bonds is 6. The van der Waals surface area contributed by atoms with Crippen LogP contribution >= 0.6 is 0 Å². The fourth-order valence-corrected chi connectivity index (χ4v) is 2.62. The van der Waals surface area contributed by atoms with Gasteiger partial charge < -0.3 is 19.9 Å². The molecular weight excluding hydrogens is 328 g/mol. The van der Waals surface area contributed by atoms with Gasteiger partial charge in [-0.1, -0.05) is 5.21 Å². The summed E-state index contributed by atoms with van der Waals surface area (Å²) in [5.74, 6) is -0.291. The Hall–Kier alpha value is -3.10. The van der Waals surface area contributed by atoms with Crippen molar-refractivity contribution in [1.29, 1.82) is 0 Å². The maximum Gasteiger partial charge on any atom is 0.358 e. The zero-order valence-electron chi connectivity index (χ0n) is 13.9. The number of nitrogens with one attached hydrogen (secondary N) is 1. The summed E-state index contributed by atoms with van der Waals surface area (Å²) < 4.78 is 12.5. The first-order valence-electron chi connectivity index (χ1n) is 7.86. The van der Waals surface area contributed by atoms with Crippen molar-refractivity contribution in [3.8, 4) is 11.5 Å². The van der Waals surface area contributed by atoms with Crippen LogP contribution in [0.25, 0.3) is 0 Å². The Morgan fingerprint density at radius 3 is 2.96 bits per heavy atom. The Labute approximate surface area is 143 Å². The number of fused-ring (bicyclic) bond motifs is 1. The van der Waals surface area contributed by atoms with Gasteiger partial charge >= 0.3 is 5.97 Å². The predicted molar refractivity (Wildman–Crippen MR) is 87.0 cm³/mol. The number of carboxylic acid groups (broad SMARTS) is 1. The van der Waals surface area contributed by atoms with Crippen molar-refractivity contribution in [1.82, 2.24) is 15.0 Å². The van der Waals surface area contributed by atoms with Crippen LogP contribution in [0, 0.1) is 0 Å². The van der Waals surface area contributed by atoms with Gasteiger partial charge in [0.05, 0.1) is 18.5 Å². The van der Waals surface area contributed by atoms with E-state index in [1.807, 2.05) is 19.9 Å². The molecule has 0 radical (unpaired) electrons. The van der Waals surface area contributed by atoms with Gasteiger partial charge in [0.25, 0.3) is 0 Å². The molecule has 2 heterocycles. The molecule has 1 unspecified atom stereocenters. The molecule has 9 heteroatoms. The number of carbonyl (C=O) groups is 2. The average Bonchev–Trinajstić information content (AvgIpc) is 3.13. The average molecular weight is 346 g/mol. The molecule has 1 amide bonds. The van der Waals surface area contributed by atoms with Crippen LogP contribution in [-0.2, 0) is 17.8 Å². The van der Waals surface area contributed by atoms with Crippen LogP contribution in [0.4, 0.5) is 5.69 Å². The van der Waals surface area contributed by atoms with Crippen molar-refractivity contribution in [2.75, 3.05) is 11.9 Å². The normalized spacial score (nSPS) is 15.4. The van der Waals surface area contributed by atoms with Crippen molar-refractivity contribution in [3.63, 3.8) is 0 Å². The molecule has 1 aromatic carbocycles. The smallest absolute Gasteiger partial charge is 0.358 e. The summed E-state index contributed by atoms with van der Waals surface area (Å²) in [7, 11) is 0. The zero-order chi connectivity index (χ0) is 18.0. The Kier molecular flexibility index (Phi) is 4.55. The Balaban J connectivity index is 1.75.